The number of pyridine rings is 1. The maximum absolute atomic E-state index is 13.0. The monoisotopic (exact) mass is 386 g/mol. The molecular formula is C16H13Cl3N2OS. The lowest BCUT2D eigenvalue weighted by atomic mass is 10.2. The summed E-state index contributed by atoms with van der Waals surface area (Å²) in [6, 6.07) is 8.77. The molecule has 0 saturated carbocycles. The Kier molecular flexibility index (Phi) is 5.07. The van der Waals surface area contributed by atoms with Crippen molar-refractivity contribution in [2.45, 2.75) is 23.5 Å². The average Bonchev–Trinajstić information content (AvgIpc) is 2.65. The first-order chi connectivity index (χ1) is 11.0. The molecule has 0 fully saturated rings. The summed E-state index contributed by atoms with van der Waals surface area (Å²) < 4.78 is 0. The Morgan fingerprint density at radius 1 is 1.26 bits per heavy atom. The van der Waals surface area contributed by atoms with E-state index in [1.807, 2.05) is 18.2 Å². The molecular weight excluding hydrogens is 375 g/mol. The molecule has 0 saturated heterocycles. The van der Waals surface area contributed by atoms with Gasteiger partial charge in [0.25, 0.3) is 5.91 Å². The number of thioether (sulfide) groups is 1. The molecule has 0 aliphatic carbocycles. The van der Waals surface area contributed by atoms with Crippen molar-refractivity contribution in [2.24, 2.45) is 0 Å². The van der Waals surface area contributed by atoms with Gasteiger partial charge in [0, 0.05) is 21.7 Å². The van der Waals surface area contributed by atoms with E-state index in [0.29, 0.717) is 22.4 Å². The van der Waals surface area contributed by atoms with Gasteiger partial charge in [0.1, 0.15) is 10.3 Å². The fourth-order valence-corrected chi connectivity index (χ4v) is 4.12. The normalized spacial score (nSPS) is 17.6. The molecule has 0 spiro atoms. The Morgan fingerprint density at radius 3 is 2.78 bits per heavy atom. The minimum atomic E-state index is -0.197. The molecule has 1 atom stereocenters. The van der Waals surface area contributed by atoms with E-state index in [9.17, 15) is 4.79 Å². The summed E-state index contributed by atoms with van der Waals surface area (Å²) in [6.07, 6.45) is 0.876. The first-order valence-corrected chi connectivity index (χ1v) is 9.07. The molecule has 0 bridgehead atoms. The molecule has 3 rings (SSSR count). The van der Waals surface area contributed by atoms with Crippen LogP contribution in [0.4, 0.5) is 5.69 Å². The van der Waals surface area contributed by atoms with E-state index in [4.69, 9.17) is 34.8 Å². The Balaban J connectivity index is 2.05. The molecule has 1 aromatic heterocycles. The Hall–Kier alpha value is -0.940. The van der Waals surface area contributed by atoms with Gasteiger partial charge < -0.3 is 4.90 Å². The van der Waals surface area contributed by atoms with Crippen molar-refractivity contribution in [2.75, 3.05) is 11.4 Å². The smallest absolute Gasteiger partial charge is 0.261 e. The van der Waals surface area contributed by atoms with Gasteiger partial charge in [0.05, 0.1) is 11.3 Å². The highest BCUT2D eigenvalue weighted by atomic mass is 35.5. The quantitative estimate of drug-likeness (QED) is 0.599. The zero-order valence-electron chi connectivity index (χ0n) is 12.2. The lowest BCUT2D eigenvalue weighted by molar-refractivity contribution is 0.0986. The Morgan fingerprint density at radius 2 is 2.04 bits per heavy atom. The molecule has 0 unspecified atom stereocenters. The van der Waals surface area contributed by atoms with E-state index in [1.165, 1.54) is 0 Å². The summed E-state index contributed by atoms with van der Waals surface area (Å²) >= 11 is 19.8. The van der Waals surface area contributed by atoms with E-state index in [1.54, 1.807) is 28.8 Å². The number of carbonyl (C=O) groups is 1. The molecule has 23 heavy (non-hydrogen) atoms. The van der Waals surface area contributed by atoms with Gasteiger partial charge in [0.2, 0.25) is 0 Å². The topological polar surface area (TPSA) is 33.2 Å². The SMILES string of the molecule is C[C@@H]1CCN(C(=O)c2ccc(Cl)nc2Cl)c2cc(Cl)ccc2S1. The van der Waals surface area contributed by atoms with Crippen LogP contribution >= 0.6 is 46.6 Å². The molecule has 2 aromatic rings. The number of nitrogens with zero attached hydrogens (tertiary/aromatic N) is 2. The molecule has 0 radical (unpaired) electrons. The number of fused-ring (bicyclic) bond motifs is 1. The highest BCUT2D eigenvalue weighted by Gasteiger charge is 2.27. The highest BCUT2D eigenvalue weighted by molar-refractivity contribution is 8.00. The van der Waals surface area contributed by atoms with Crippen molar-refractivity contribution >= 4 is 58.2 Å². The number of anilines is 1. The Bertz CT molecular complexity index is 769. The second kappa shape index (κ2) is 6.89. The predicted molar refractivity (Wildman–Crippen MR) is 97.3 cm³/mol. The zero-order chi connectivity index (χ0) is 16.6. The van der Waals surface area contributed by atoms with Crippen LogP contribution in [0.5, 0.6) is 0 Å². The number of amides is 1. The van der Waals surface area contributed by atoms with Crippen LogP contribution in [-0.2, 0) is 0 Å². The number of carbonyl (C=O) groups excluding carboxylic acids is 1. The first kappa shape index (κ1) is 16.9. The molecule has 2 heterocycles. The van der Waals surface area contributed by atoms with Crippen molar-refractivity contribution in [3.05, 3.63) is 51.2 Å². The molecule has 7 heteroatoms. The molecule has 1 aliphatic rings. The molecule has 1 aromatic carbocycles. The zero-order valence-corrected chi connectivity index (χ0v) is 15.3. The van der Waals surface area contributed by atoms with Crippen LogP contribution in [0.25, 0.3) is 0 Å². The van der Waals surface area contributed by atoms with Crippen LogP contribution in [-0.4, -0.2) is 22.7 Å². The highest BCUT2D eigenvalue weighted by Crippen LogP contribution is 2.39. The number of rotatable bonds is 1. The van der Waals surface area contributed by atoms with Crippen LogP contribution in [0.2, 0.25) is 15.3 Å². The van der Waals surface area contributed by atoms with Gasteiger partial charge in [0.15, 0.2) is 0 Å². The van der Waals surface area contributed by atoms with Crippen LogP contribution in [0, 0.1) is 0 Å². The van der Waals surface area contributed by atoms with Gasteiger partial charge in [-0.05, 0) is 36.8 Å². The molecule has 0 N–H and O–H groups in total. The van der Waals surface area contributed by atoms with Crippen molar-refractivity contribution in [1.29, 1.82) is 0 Å². The standard InChI is InChI=1S/C16H13Cl3N2OS/c1-9-6-7-21(12-8-10(17)2-4-13(12)23-9)16(22)11-3-5-14(18)20-15(11)19/h2-5,8-9H,6-7H2,1H3/t9-/m1/s1. The summed E-state index contributed by atoms with van der Waals surface area (Å²) in [6.45, 7) is 2.74. The minimum Gasteiger partial charge on any atom is -0.307 e. The van der Waals surface area contributed by atoms with Crippen molar-refractivity contribution in [3.8, 4) is 0 Å². The van der Waals surface area contributed by atoms with Gasteiger partial charge in [-0.25, -0.2) is 4.98 Å². The largest absolute Gasteiger partial charge is 0.307 e. The van der Waals surface area contributed by atoms with E-state index >= 15 is 0 Å². The van der Waals surface area contributed by atoms with E-state index in [0.717, 1.165) is 17.0 Å². The fourth-order valence-electron chi connectivity index (χ4n) is 2.44. The van der Waals surface area contributed by atoms with E-state index in [-0.39, 0.29) is 16.2 Å². The van der Waals surface area contributed by atoms with Crippen molar-refractivity contribution < 1.29 is 4.79 Å². The van der Waals surface area contributed by atoms with Crippen molar-refractivity contribution in [1.82, 2.24) is 4.98 Å². The first-order valence-electron chi connectivity index (χ1n) is 7.06. The van der Waals surface area contributed by atoms with Crippen LogP contribution in [0.3, 0.4) is 0 Å². The van der Waals surface area contributed by atoms with Gasteiger partial charge in [-0.15, -0.1) is 11.8 Å². The number of hydrogen-bond donors (Lipinski definition) is 0. The van der Waals surface area contributed by atoms with Crippen molar-refractivity contribution in [3.63, 3.8) is 0 Å². The van der Waals surface area contributed by atoms with Crippen LogP contribution < -0.4 is 4.90 Å². The van der Waals surface area contributed by atoms with Crippen LogP contribution in [0.1, 0.15) is 23.7 Å². The molecule has 3 nitrogen and oxygen atoms in total. The predicted octanol–water partition coefficient (Wildman–Crippen LogP) is 5.57. The second-order valence-electron chi connectivity index (χ2n) is 5.26. The summed E-state index contributed by atoms with van der Waals surface area (Å²) in [5, 5.41) is 1.37. The number of halogens is 3. The van der Waals surface area contributed by atoms with E-state index < -0.39 is 0 Å². The number of aromatic nitrogens is 1. The third-order valence-corrected chi connectivity index (χ3v) is 5.56. The lowest BCUT2D eigenvalue weighted by Gasteiger charge is -2.23. The van der Waals surface area contributed by atoms with Gasteiger partial charge in [-0.1, -0.05) is 41.7 Å². The third-order valence-electron chi connectivity index (χ3n) is 3.59. The minimum absolute atomic E-state index is 0.107. The summed E-state index contributed by atoms with van der Waals surface area (Å²) in [7, 11) is 0. The summed E-state index contributed by atoms with van der Waals surface area (Å²) in [4.78, 5) is 19.7. The summed E-state index contributed by atoms with van der Waals surface area (Å²) in [5.74, 6) is -0.197. The molecule has 120 valence electrons. The maximum Gasteiger partial charge on any atom is 0.261 e. The van der Waals surface area contributed by atoms with E-state index in [2.05, 4.69) is 11.9 Å². The Labute approximate surface area is 153 Å². The number of hydrogen-bond acceptors (Lipinski definition) is 3. The molecule has 1 aliphatic heterocycles. The average molecular weight is 388 g/mol. The van der Waals surface area contributed by atoms with Gasteiger partial charge in [-0.2, -0.15) is 0 Å². The molecule has 1 amide bonds. The third kappa shape index (κ3) is 3.61. The van der Waals surface area contributed by atoms with Crippen LogP contribution in [0.15, 0.2) is 35.2 Å². The van der Waals surface area contributed by atoms with Gasteiger partial charge in [-0.3, -0.25) is 4.79 Å². The summed E-state index contributed by atoms with van der Waals surface area (Å²) in [5.41, 5.74) is 1.14. The lowest BCUT2D eigenvalue weighted by Crippen LogP contribution is -2.32. The number of benzene rings is 1. The fraction of sp³-hybridized carbons (Fsp3) is 0.250. The maximum atomic E-state index is 13.0. The second-order valence-corrected chi connectivity index (χ2v) is 7.92. The van der Waals surface area contributed by atoms with Gasteiger partial charge >= 0.3 is 0 Å².